The quantitative estimate of drug-likeness (QED) is 0.413. The van der Waals surface area contributed by atoms with Crippen LogP contribution in [0.2, 0.25) is 0 Å². The van der Waals surface area contributed by atoms with Gasteiger partial charge in [-0.15, -0.1) is 17.7 Å². The van der Waals surface area contributed by atoms with E-state index in [9.17, 15) is 0 Å². The molecule has 0 aromatic rings. The van der Waals surface area contributed by atoms with Gasteiger partial charge in [0.05, 0.1) is 0 Å². The van der Waals surface area contributed by atoms with Gasteiger partial charge in [0.25, 0.3) is 6.57 Å². The first-order chi connectivity index (χ1) is 2.41. The van der Waals surface area contributed by atoms with Crippen molar-refractivity contribution in [3.63, 3.8) is 0 Å². The summed E-state index contributed by atoms with van der Waals surface area (Å²) in [6, 6.07) is 0. The smallest absolute Gasteiger partial charge is 0.256 e. The van der Waals surface area contributed by atoms with Gasteiger partial charge in [0, 0.05) is 0 Å². The van der Waals surface area contributed by atoms with Gasteiger partial charge in [-0.25, -0.2) is 0 Å². The Hall–Kier alpha value is -0.970. The topological polar surface area (TPSA) is 18.5 Å². The minimum absolute atomic E-state index is 1.26. The Morgan fingerprint density at radius 3 is 2.60 bits per heavy atom. The number of hydrogen-bond donors (Lipinski definition) is 0. The summed E-state index contributed by atoms with van der Waals surface area (Å²) < 4.78 is 0. The van der Waals surface area contributed by atoms with Crippen LogP contribution < -0.4 is 0 Å². The normalized spacial score (nSPS) is 4.60. The maximum Gasteiger partial charge on any atom is 0.256 e. The van der Waals surface area contributed by atoms with Gasteiger partial charge >= 0.3 is 0 Å². The fourth-order valence-electron chi connectivity index (χ4n) is 0.0471. The lowest BCUT2D eigenvalue weighted by Gasteiger charge is -1.73. The highest BCUT2D eigenvalue weighted by molar-refractivity contribution is 4.99. The van der Waals surface area contributed by atoms with E-state index in [1.807, 2.05) is 0 Å². The zero-order valence-corrected chi connectivity index (χ0v) is 2.76. The lowest BCUT2D eigenvalue weighted by atomic mass is 11.1. The molecule has 0 atom stereocenters. The van der Waals surface area contributed by atoms with Crippen LogP contribution in [0.15, 0.2) is 12.8 Å². The molecular formula is C3H4N2. The van der Waals surface area contributed by atoms with Crippen LogP contribution >= 0.6 is 0 Å². The molecule has 0 bridgehead atoms. The Labute approximate surface area is 30.9 Å². The summed E-state index contributed by atoms with van der Waals surface area (Å²) in [6.07, 6.45) is 1.26. The fourth-order valence-corrected chi connectivity index (χ4v) is 0.0471. The summed E-state index contributed by atoms with van der Waals surface area (Å²) in [5, 5.41) is 0. The first-order valence-corrected chi connectivity index (χ1v) is 1.12. The van der Waals surface area contributed by atoms with Crippen molar-refractivity contribution in [3.05, 3.63) is 23.2 Å². The fraction of sp³-hybridized carbons (Fsp3) is 0. The molecule has 0 spiro atoms. The molecule has 0 aliphatic rings. The summed E-state index contributed by atoms with van der Waals surface area (Å²) in [6.45, 7) is 7.74. The first-order valence-electron chi connectivity index (χ1n) is 1.12. The molecule has 0 heterocycles. The van der Waals surface area contributed by atoms with E-state index in [0.29, 0.717) is 0 Å². The van der Waals surface area contributed by atoms with Crippen molar-refractivity contribution >= 4 is 0 Å². The van der Waals surface area contributed by atoms with Gasteiger partial charge in [-0.1, -0.05) is 0 Å². The third-order valence-electron chi connectivity index (χ3n) is 0.148. The average Bonchev–Trinajstić information content (AvgIpc) is 1.41. The summed E-state index contributed by atoms with van der Waals surface area (Å²) in [5.41, 5.74) is 3.14. The van der Waals surface area contributed by atoms with Crippen LogP contribution in [-0.2, 0) is 0 Å². The largest absolute Gasteiger partial charge is 0.287 e. The highest BCUT2D eigenvalue weighted by Crippen LogP contribution is 1.80. The molecule has 0 fully saturated rings. The van der Waals surface area contributed by atoms with Crippen molar-refractivity contribution in [1.29, 1.82) is 0 Å². The molecule has 0 saturated carbocycles. The minimum atomic E-state index is 1.26. The molecule has 0 aromatic heterocycles. The Bertz CT molecular complexity index is 59.8. The molecular weight excluding hydrogens is 64.0 g/mol. The standard InChI is InChI=1S/C3H4N2/c1-3-5-4-2/h2-3H,1H2. The Morgan fingerprint density at radius 2 is 2.60 bits per heavy atom. The number of rotatable bonds is 1. The average molecular weight is 68.1 g/mol. The van der Waals surface area contributed by atoms with Crippen molar-refractivity contribution in [1.82, 2.24) is 0 Å². The van der Waals surface area contributed by atoms with E-state index in [4.69, 9.17) is 0 Å². The maximum atomic E-state index is 4.53. The predicted molar refractivity (Wildman–Crippen MR) is 21.9 cm³/mol. The monoisotopic (exact) mass is 68.0 g/mol. The van der Waals surface area contributed by atoms with Crippen LogP contribution in [0, 0.1) is 6.57 Å². The molecule has 2 heteroatoms. The summed E-state index contributed by atoms with van der Waals surface area (Å²) in [7, 11) is 0. The van der Waals surface area contributed by atoms with Crippen LogP contribution in [0.1, 0.15) is 0 Å². The van der Waals surface area contributed by atoms with E-state index in [1.165, 1.54) is 6.20 Å². The van der Waals surface area contributed by atoms with Crippen LogP contribution in [0.3, 0.4) is 0 Å². The summed E-state index contributed by atoms with van der Waals surface area (Å²) in [4.78, 5) is 2.86. The molecule has 0 unspecified atom stereocenters. The van der Waals surface area contributed by atoms with E-state index >= 15 is 0 Å². The van der Waals surface area contributed by atoms with Gasteiger partial charge in [-0.05, 0) is 0 Å². The third kappa shape index (κ3) is 3.03. The van der Waals surface area contributed by atoms with Gasteiger partial charge in [-0.3, -0.25) is 5.43 Å². The van der Waals surface area contributed by atoms with Crippen molar-refractivity contribution in [3.8, 4) is 6.57 Å². The van der Waals surface area contributed by atoms with Crippen molar-refractivity contribution in [2.24, 2.45) is 0 Å². The van der Waals surface area contributed by atoms with E-state index < -0.39 is 0 Å². The molecule has 2 nitrogen and oxygen atoms in total. The zero-order valence-electron chi connectivity index (χ0n) is 2.76. The first kappa shape index (κ1) is 4.03. The van der Waals surface area contributed by atoms with Crippen LogP contribution in [-0.4, -0.2) is 0 Å². The molecule has 0 radical (unpaired) electrons. The maximum absolute atomic E-state index is 4.53. The highest BCUT2D eigenvalue weighted by atomic mass is 15.2. The van der Waals surface area contributed by atoms with Gasteiger partial charge in [-0.2, -0.15) is 0 Å². The van der Waals surface area contributed by atoms with E-state index in [1.54, 1.807) is 0 Å². The van der Waals surface area contributed by atoms with Crippen LogP contribution in [0.5, 0.6) is 0 Å². The van der Waals surface area contributed by atoms with Gasteiger partial charge in [0.15, 0.2) is 0 Å². The van der Waals surface area contributed by atoms with E-state index in [0.717, 1.165) is 0 Å². The van der Waals surface area contributed by atoms with Crippen LogP contribution in [0.4, 0.5) is 0 Å². The Morgan fingerprint density at radius 1 is 2.00 bits per heavy atom. The molecule has 0 rings (SSSR count). The van der Waals surface area contributed by atoms with Crippen molar-refractivity contribution in [2.75, 3.05) is 0 Å². The van der Waals surface area contributed by atoms with Crippen LogP contribution in [0.25, 0.3) is 10.4 Å². The zero-order chi connectivity index (χ0) is 4.12. The lowest BCUT2D eigenvalue weighted by molar-refractivity contribution is 1.86. The second-order valence-corrected chi connectivity index (χ2v) is 0.414. The van der Waals surface area contributed by atoms with E-state index in [-0.39, 0.29) is 0 Å². The van der Waals surface area contributed by atoms with E-state index in [2.05, 4.69) is 23.5 Å². The Kier molecular flexibility index (Phi) is 2.44. The van der Waals surface area contributed by atoms with Gasteiger partial charge in [0.1, 0.15) is 0 Å². The summed E-state index contributed by atoms with van der Waals surface area (Å²) >= 11 is 0. The molecule has 0 N–H and O–H groups in total. The molecule has 0 saturated heterocycles. The van der Waals surface area contributed by atoms with Crippen molar-refractivity contribution < 1.29 is 0 Å². The lowest BCUT2D eigenvalue weighted by Crippen LogP contribution is -1.32. The summed E-state index contributed by atoms with van der Waals surface area (Å²) in [5.74, 6) is 0. The third-order valence-corrected chi connectivity index (χ3v) is 0.148. The Balaban J connectivity index is 2.75. The second-order valence-electron chi connectivity index (χ2n) is 0.414. The minimum Gasteiger partial charge on any atom is -0.287 e. The predicted octanol–water partition coefficient (Wildman–Crippen LogP) is 1.38. The molecule has 0 aliphatic heterocycles. The second kappa shape index (κ2) is 3.03. The molecule has 0 amide bonds. The van der Waals surface area contributed by atoms with Gasteiger partial charge in [0.2, 0.25) is 0 Å². The van der Waals surface area contributed by atoms with Gasteiger partial charge < -0.3 is 0 Å². The number of nitrogens with zero attached hydrogens (tertiary/aromatic N) is 2. The highest BCUT2D eigenvalue weighted by Gasteiger charge is 1.40. The molecule has 26 valence electrons. The molecule has 5 heavy (non-hydrogen) atoms. The molecule has 0 aromatic carbocycles. The SMILES string of the molecule is C#[N+][N-]C=C. The van der Waals surface area contributed by atoms with Crippen molar-refractivity contribution in [2.45, 2.75) is 0 Å². The number of hydrogen-bond acceptors (Lipinski definition) is 0. The molecule has 0 aliphatic carbocycles.